The van der Waals surface area contributed by atoms with E-state index >= 15 is 0 Å². The van der Waals surface area contributed by atoms with Crippen LogP contribution in [0.15, 0.2) is 18.5 Å². The molecule has 0 aliphatic rings. The Hall–Kier alpha value is -1.95. The third-order valence-electron chi connectivity index (χ3n) is 2.34. The van der Waals surface area contributed by atoms with Crippen LogP contribution in [0.4, 0.5) is 0 Å². The number of nitrogens with zero attached hydrogens (tertiary/aromatic N) is 4. The summed E-state index contributed by atoms with van der Waals surface area (Å²) in [6.07, 6.45) is 1.59. The van der Waals surface area contributed by atoms with Crippen LogP contribution >= 0.6 is 0 Å². The predicted molar refractivity (Wildman–Crippen MR) is 67.4 cm³/mol. The van der Waals surface area contributed by atoms with Crippen molar-refractivity contribution >= 4 is 0 Å². The summed E-state index contributed by atoms with van der Waals surface area (Å²) in [4.78, 5) is 8.31. The predicted octanol–water partition coefficient (Wildman–Crippen LogP) is 1.42. The molecule has 96 valence electrons. The Bertz CT molecular complexity index is 523. The Balaban J connectivity index is 2.14. The van der Waals surface area contributed by atoms with Crippen LogP contribution in [-0.2, 0) is 13.6 Å². The molecule has 0 aromatic carbocycles. The molecule has 0 radical (unpaired) electrons. The SMILES string of the molecule is CCNCc1cc(C)nc(Oc2ncn(C)n2)c1. The number of rotatable bonds is 5. The molecule has 1 N–H and O–H groups in total. The zero-order valence-electron chi connectivity index (χ0n) is 10.8. The highest BCUT2D eigenvalue weighted by Crippen LogP contribution is 2.17. The molecule has 0 fully saturated rings. The molecule has 0 aliphatic heterocycles. The molecule has 0 spiro atoms. The average Bonchev–Trinajstić information content (AvgIpc) is 2.71. The van der Waals surface area contributed by atoms with Crippen molar-refractivity contribution in [3.63, 3.8) is 0 Å². The average molecular weight is 247 g/mol. The minimum Gasteiger partial charge on any atom is -0.404 e. The summed E-state index contributed by atoms with van der Waals surface area (Å²) < 4.78 is 7.11. The highest BCUT2D eigenvalue weighted by atomic mass is 16.5. The number of nitrogens with one attached hydrogen (secondary N) is 1. The maximum Gasteiger partial charge on any atom is 0.342 e. The van der Waals surface area contributed by atoms with Crippen molar-refractivity contribution in [3.05, 3.63) is 29.7 Å². The first-order valence-electron chi connectivity index (χ1n) is 5.89. The van der Waals surface area contributed by atoms with Crippen LogP contribution in [0, 0.1) is 6.92 Å². The number of aryl methyl sites for hydroxylation is 2. The molecular formula is C12H17N5O. The molecule has 2 heterocycles. The normalized spacial score (nSPS) is 10.6. The number of pyridine rings is 1. The van der Waals surface area contributed by atoms with Crippen LogP contribution in [0.1, 0.15) is 18.2 Å². The molecule has 2 rings (SSSR count). The van der Waals surface area contributed by atoms with Crippen LogP contribution in [0.3, 0.4) is 0 Å². The van der Waals surface area contributed by atoms with Gasteiger partial charge in [0, 0.05) is 25.4 Å². The summed E-state index contributed by atoms with van der Waals surface area (Å²) in [5.41, 5.74) is 2.05. The van der Waals surface area contributed by atoms with E-state index < -0.39 is 0 Å². The lowest BCUT2D eigenvalue weighted by molar-refractivity contribution is 0.420. The number of hydrogen-bond donors (Lipinski definition) is 1. The fraction of sp³-hybridized carbons (Fsp3) is 0.417. The summed E-state index contributed by atoms with van der Waals surface area (Å²) in [7, 11) is 1.79. The summed E-state index contributed by atoms with van der Waals surface area (Å²) in [5, 5.41) is 7.32. The van der Waals surface area contributed by atoms with E-state index in [1.807, 2.05) is 19.1 Å². The molecule has 6 nitrogen and oxygen atoms in total. The molecular weight excluding hydrogens is 230 g/mol. The van der Waals surface area contributed by atoms with Crippen molar-refractivity contribution in [3.8, 4) is 11.9 Å². The van der Waals surface area contributed by atoms with Crippen LogP contribution < -0.4 is 10.1 Å². The third-order valence-corrected chi connectivity index (χ3v) is 2.34. The van der Waals surface area contributed by atoms with Gasteiger partial charge in [-0.05, 0) is 25.1 Å². The minimum atomic E-state index is 0.310. The van der Waals surface area contributed by atoms with Crippen LogP contribution in [0.2, 0.25) is 0 Å². The van der Waals surface area contributed by atoms with Crippen molar-refractivity contribution in [1.29, 1.82) is 0 Å². The fourth-order valence-corrected chi connectivity index (χ4v) is 1.59. The molecule has 18 heavy (non-hydrogen) atoms. The van der Waals surface area contributed by atoms with Crippen molar-refractivity contribution in [2.75, 3.05) is 6.54 Å². The van der Waals surface area contributed by atoms with Gasteiger partial charge in [-0.2, -0.15) is 4.98 Å². The van der Waals surface area contributed by atoms with E-state index in [1.54, 1.807) is 18.1 Å². The van der Waals surface area contributed by atoms with E-state index in [4.69, 9.17) is 4.74 Å². The number of ether oxygens (including phenoxy) is 1. The summed E-state index contributed by atoms with van der Waals surface area (Å²) >= 11 is 0. The highest BCUT2D eigenvalue weighted by molar-refractivity contribution is 5.26. The Morgan fingerprint density at radius 1 is 1.39 bits per heavy atom. The van der Waals surface area contributed by atoms with E-state index in [2.05, 4.69) is 27.3 Å². The van der Waals surface area contributed by atoms with Gasteiger partial charge in [-0.25, -0.2) is 4.98 Å². The maximum atomic E-state index is 5.52. The smallest absolute Gasteiger partial charge is 0.342 e. The number of hydrogen-bond acceptors (Lipinski definition) is 5. The van der Waals surface area contributed by atoms with Gasteiger partial charge >= 0.3 is 6.01 Å². The standard InChI is InChI=1S/C12H17N5O/c1-4-13-7-10-5-9(2)15-11(6-10)18-12-14-8-17(3)16-12/h5-6,8,13H,4,7H2,1-3H3. The Morgan fingerprint density at radius 3 is 2.89 bits per heavy atom. The van der Waals surface area contributed by atoms with Crippen LogP contribution in [0.25, 0.3) is 0 Å². The van der Waals surface area contributed by atoms with Gasteiger partial charge in [0.2, 0.25) is 5.88 Å². The molecule has 0 saturated heterocycles. The van der Waals surface area contributed by atoms with Gasteiger partial charge in [0.1, 0.15) is 6.33 Å². The first-order chi connectivity index (χ1) is 8.67. The van der Waals surface area contributed by atoms with Gasteiger partial charge in [-0.15, -0.1) is 5.10 Å². The molecule has 2 aromatic rings. The van der Waals surface area contributed by atoms with Crippen LogP contribution in [-0.4, -0.2) is 26.3 Å². The van der Waals surface area contributed by atoms with Crippen molar-refractivity contribution in [2.45, 2.75) is 20.4 Å². The summed E-state index contributed by atoms with van der Waals surface area (Å²) in [5.74, 6) is 0.522. The molecule has 0 bridgehead atoms. The summed E-state index contributed by atoms with van der Waals surface area (Å²) in [6, 6.07) is 4.23. The van der Waals surface area contributed by atoms with E-state index in [0.717, 1.165) is 24.3 Å². The number of aromatic nitrogens is 4. The second-order valence-electron chi connectivity index (χ2n) is 4.04. The summed E-state index contributed by atoms with van der Waals surface area (Å²) in [6.45, 7) is 5.74. The Kier molecular flexibility index (Phi) is 3.88. The Morgan fingerprint density at radius 2 is 2.22 bits per heavy atom. The van der Waals surface area contributed by atoms with E-state index in [-0.39, 0.29) is 0 Å². The zero-order chi connectivity index (χ0) is 13.0. The molecule has 0 amide bonds. The van der Waals surface area contributed by atoms with Gasteiger partial charge in [0.15, 0.2) is 0 Å². The first-order valence-corrected chi connectivity index (χ1v) is 5.89. The maximum absolute atomic E-state index is 5.52. The largest absolute Gasteiger partial charge is 0.404 e. The van der Waals surface area contributed by atoms with Crippen LogP contribution in [0.5, 0.6) is 11.9 Å². The third kappa shape index (κ3) is 3.27. The van der Waals surface area contributed by atoms with Gasteiger partial charge < -0.3 is 10.1 Å². The Labute approximate surface area is 106 Å². The van der Waals surface area contributed by atoms with Crippen molar-refractivity contribution in [1.82, 2.24) is 25.1 Å². The monoisotopic (exact) mass is 247 g/mol. The quantitative estimate of drug-likeness (QED) is 0.865. The van der Waals surface area contributed by atoms with Gasteiger partial charge in [0.25, 0.3) is 0 Å². The topological polar surface area (TPSA) is 64.9 Å². The van der Waals surface area contributed by atoms with E-state index in [1.165, 1.54) is 0 Å². The van der Waals surface area contributed by atoms with Gasteiger partial charge in [-0.1, -0.05) is 6.92 Å². The molecule has 0 unspecified atom stereocenters. The zero-order valence-corrected chi connectivity index (χ0v) is 10.8. The van der Waals surface area contributed by atoms with Crippen molar-refractivity contribution in [2.24, 2.45) is 7.05 Å². The molecule has 0 aliphatic carbocycles. The molecule has 0 atom stereocenters. The highest BCUT2D eigenvalue weighted by Gasteiger charge is 2.05. The second kappa shape index (κ2) is 5.59. The minimum absolute atomic E-state index is 0.310. The van der Waals surface area contributed by atoms with Gasteiger partial charge in [0.05, 0.1) is 0 Å². The van der Waals surface area contributed by atoms with E-state index in [9.17, 15) is 0 Å². The molecule has 6 heteroatoms. The fourth-order valence-electron chi connectivity index (χ4n) is 1.59. The lowest BCUT2D eigenvalue weighted by Gasteiger charge is -2.06. The first kappa shape index (κ1) is 12.5. The van der Waals surface area contributed by atoms with Gasteiger partial charge in [-0.3, -0.25) is 4.68 Å². The second-order valence-corrected chi connectivity index (χ2v) is 4.04. The van der Waals surface area contributed by atoms with E-state index in [0.29, 0.717) is 11.9 Å². The van der Waals surface area contributed by atoms with Crippen molar-refractivity contribution < 1.29 is 4.74 Å². The molecule has 2 aromatic heterocycles. The lowest BCUT2D eigenvalue weighted by Crippen LogP contribution is -2.12. The lowest BCUT2D eigenvalue weighted by atomic mass is 10.2. The molecule has 0 saturated carbocycles.